The quantitative estimate of drug-likeness (QED) is 0.639. The molecule has 0 aliphatic rings. The predicted octanol–water partition coefficient (Wildman–Crippen LogP) is 1.49. The molecule has 1 heterocycles. The summed E-state index contributed by atoms with van der Waals surface area (Å²) in [7, 11) is 0. The highest BCUT2D eigenvalue weighted by Gasteiger charge is 1.95. The SMILES string of the molecule is CC(C)NCCNc1ncc(I)cn1. The van der Waals surface area contributed by atoms with Crippen LogP contribution in [0.4, 0.5) is 5.95 Å². The van der Waals surface area contributed by atoms with Crippen LogP contribution >= 0.6 is 22.6 Å². The third-order valence-electron chi connectivity index (χ3n) is 1.58. The number of halogens is 1. The fourth-order valence-corrected chi connectivity index (χ4v) is 1.22. The molecule has 0 atom stereocenters. The number of nitrogens with one attached hydrogen (secondary N) is 2. The summed E-state index contributed by atoms with van der Waals surface area (Å²) in [4.78, 5) is 8.27. The molecule has 78 valence electrons. The van der Waals surface area contributed by atoms with E-state index in [4.69, 9.17) is 0 Å². The maximum atomic E-state index is 4.14. The minimum Gasteiger partial charge on any atom is -0.353 e. The van der Waals surface area contributed by atoms with Gasteiger partial charge in [-0.1, -0.05) is 13.8 Å². The molecule has 4 nitrogen and oxygen atoms in total. The van der Waals surface area contributed by atoms with Gasteiger partial charge in [0.05, 0.1) is 0 Å². The summed E-state index contributed by atoms with van der Waals surface area (Å²) in [5.41, 5.74) is 0. The zero-order chi connectivity index (χ0) is 10.4. The fraction of sp³-hybridized carbons (Fsp3) is 0.556. The van der Waals surface area contributed by atoms with Gasteiger partial charge in [0.25, 0.3) is 0 Å². The van der Waals surface area contributed by atoms with Crippen LogP contribution in [-0.4, -0.2) is 29.1 Å². The van der Waals surface area contributed by atoms with Crippen molar-refractivity contribution in [2.75, 3.05) is 18.4 Å². The minimum atomic E-state index is 0.523. The van der Waals surface area contributed by atoms with E-state index in [0.717, 1.165) is 16.7 Å². The summed E-state index contributed by atoms with van der Waals surface area (Å²) < 4.78 is 1.05. The molecule has 1 aromatic rings. The number of hydrogen-bond acceptors (Lipinski definition) is 4. The van der Waals surface area contributed by atoms with Gasteiger partial charge >= 0.3 is 0 Å². The average molecular weight is 306 g/mol. The van der Waals surface area contributed by atoms with Gasteiger partial charge in [0.15, 0.2) is 0 Å². The van der Waals surface area contributed by atoms with Crippen LogP contribution in [0.15, 0.2) is 12.4 Å². The first-order valence-corrected chi connectivity index (χ1v) is 5.71. The van der Waals surface area contributed by atoms with E-state index in [9.17, 15) is 0 Å². The van der Waals surface area contributed by atoms with Gasteiger partial charge in [0.2, 0.25) is 5.95 Å². The number of anilines is 1. The van der Waals surface area contributed by atoms with Gasteiger partial charge in [-0.25, -0.2) is 9.97 Å². The lowest BCUT2D eigenvalue weighted by atomic mass is 10.4. The summed E-state index contributed by atoms with van der Waals surface area (Å²) >= 11 is 2.19. The second-order valence-corrected chi connectivity index (χ2v) is 4.51. The molecule has 0 amide bonds. The van der Waals surface area contributed by atoms with E-state index in [0.29, 0.717) is 12.0 Å². The molecular weight excluding hydrogens is 291 g/mol. The Morgan fingerprint density at radius 1 is 1.29 bits per heavy atom. The number of hydrogen-bond donors (Lipinski definition) is 2. The van der Waals surface area contributed by atoms with Crippen LogP contribution in [0.25, 0.3) is 0 Å². The Morgan fingerprint density at radius 3 is 2.50 bits per heavy atom. The van der Waals surface area contributed by atoms with Crippen molar-refractivity contribution in [1.82, 2.24) is 15.3 Å². The topological polar surface area (TPSA) is 49.8 Å². The van der Waals surface area contributed by atoms with Crippen molar-refractivity contribution >= 4 is 28.5 Å². The van der Waals surface area contributed by atoms with Crippen molar-refractivity contribution in [1.29, 1.82) is 0 Å². The molecule has 1 rings (SSSR count). The highest BCUT2D eigenvalue weighted by molar-refractivity contribution is 14.1. The highest BCUT2D eigenvalue weighted by atomic mass is 127. The van der Waals surface area contributed by atoms with Crippen molar-refractivity contribution in [3.8, 4) is 0 Å². The van der Waals surface area contributed by atoms with Gasteiger partial charge in [0.1, 0.15) is 0 Å². The summed E-state index contributed by atoms with van der Waals surface area (Å²) in [6.45, 7) is 6.02. The Labute approximate surface area is 98.1 Å². The van der Waals surface area contributed by atoms with Gasteiger partial charge in [-0.2, -0.15) is 0 Å². The average Bonchev–Trinajstić information content (AvgIpc) is 2.15. The van der Waals surface area contributed by atoms with Crippen LogP contribution in [0.5, 0.6) is 0 Å². The molecule has 0 fully saturated rings. The Morgan fingerprint density at radius 2 is 1.93 bits per heavy atom. The van der Waals surface area contributed by atoms with Crippen molar-refractivity contribution in [2.45, 2.75) is 19.9 Å². The molecule has 0 aliphatic carbocycles. The molecule has 0 saturated carbocycles. The third-order valence-corrected chi connectivity index (χ3v) is 2.14. The molecule has 5 heteroatoms. The van der Waals surface area contributed by atoms with Gasteiger partial charge in [0, 0.05) is 35.1 Å². The molecule has 0 saturated heterocycles. The fourth-order valence-electron chi connectivity index (χ4n) is 0.939. The highest BCUT2D eigenvalue weighted by Crippen LogP contribution is 2.01. The first-order chi connectivity index (χ1) is 6.68. The first-order valence-electron chi connectivity index (χ1n) is 4.63. The summed E-state index contributed by atoms with van der Waals surface area (Å²) in [6, 6.07) is 0.523. The number of aromatic nitrogens is 2. The summed E-state index contributed by atoms with van der Waals surface area (Å²) in [5.74, 6) is 0.691. The van der Waals surface area contributed by atoms with Gasteiger partial charge in [-0.05, 0) is 22.6 Å². The third kappa shape index (κ3) is 4.71. The monoisotopic (exact) mass is 306 g/mol. The Balaban J connectivity index is 2.21. The van der Waals surface area contributed by atoms with Crippen LogP contribution in [0.3, 0.4) is 0 Å². The molecule has 1 aromatic heterocycles. The number of rotatable bonds is 5. The molecule has 0 spiro atoms. The largest absolute Gasteiger partial charge is 0.353 e. The van der Waals surface area contributed by atoms with Crippen molar-refractivity contribution in [2.24, 2.45) is 0 Å². The van der Waals surface area contributed by atoms with Crippen LogP contribution in [-0.2, 0) is 0 Å². The lowest BCUT2D eigenvalue weighted by Gasteiger charge is -2.08. The molecule has 0 bridgehead atoms. The molecule has 0 radical (unpaired) electrons. The standard InChI is InChI=1S/C9H15IN4/c1-7(2)11-3-4-12-9-13-5-8(10)6-14-9/h5-7,11H,3-4H2,1-2H3,(H,12,13,14). The maximum absolute atomic E-state index is 4.14. The van der Waals surface area contributed by atoms with E-state index in [1.54, 1.807) is 12.4 Å². The van der Waals surface area contributed by atoms with Crippen LogP contribution < -0.4 is 10.6 Å². The molecule has 0 aliphatic heterocycles. The molecular formula is C9H15IN4. The predicted molar refractivity (Wildman–Crippen MR) is 66.4 cm³/mol. The van der Waals surface area contributed by atoms with Crippen molar-refractivity contribution < 1.29 is 0 Å². The molecule has 2 N–H and O–H groups in total. The van der Waals surface area contributed by atoms with Gasteiger partial charge in [-0.15, -0.1) is 0 Å². The lowest BCUT2D eigenvalue weighted by molar-refractivity contribution is 0.601. The normalized spacial score (nSPS) is 10.6. The summed E-state index contributed by atoms with van der Waals surface area (Å²) in [5, 5.41) is 6.45. The minimum absolute atomic E-state index is 0.523. The van der Waals surface area contributed by atoms with Crippen molar-refractivity contribution in [3.63, 3.8) is 0 Å². The second kappa shape index (κ2) is 6.13. The lowest BCUT2D eigenvalue weighted by Crippen LogP contribution is -2.28. The van der Waals surface area contributed by atoms with Gasteiger partial charge < -0.3 is 10.6 Å². The molecule has 0 aromatic carbocycles. The van der Waals surface area contributed by atoms with E-state index in [-0.39, 0.29) is 0 Å². The second-order valence-electron chi connectivity index (χ2n) is 3.26. The van der Waals surface area contributed by atoms with E-state index in [1.807, 2.05) is 0 Å². The van der Waals surface area contributed by atoms with E-state index >= 15 is 0 Å². The Bertz CT molecular complexity index is 260. The van der Waals surface area contributed by atoms with Gasteiger partial charge in [-0.3, -0.25) is 0 Å². The van der Waals surface area contributed by atoms with E-state index in [1.165, 1.54) is 0 Å². The van der Waals surface area contributed by atoms with Crippen LogP contribution in [0, 0.1) is 3.57 Å². The number of nitrogens with zero attached hydrogens (tertiary/aromatic N) is 2. The zero-order valence-corrected chi connectivity index (χ0v) is 10.6. The first kappa shape index (κ1) is 11.6. The summed E-state index contributed by atoms with van der Waals surface area (Å²) in [6.07, 6.45) is 3.59. The van der Waals surface area contributed by atoms with E-state index in [2.05, 4.69) is 57.0 Å². The zero-order valence-electron chi connectivity index (χ0n) is 8.42. The molecule has 0 unspecified atom stereocenters. The van der Waals surface area contributed by atoms with Crippen LogP contribution in [0.1, 0.15) is 13.8 Å². The van der Waals surface area contributed by atoms with Crippen molar-refractivity contribution in [3.05, 3.63) is 16.0 Å². The smallest absolute Gasteiger partial charge is 0.222 e. The Hall–Kier alpha value is -0.430. The van der Waals surface area contributed by atoms with E-state index < -0.39 is 0 Å². The van der Waals surface area contributed by atoms with Crippen LogP contribution in [0.2, 0.25) is 0 Å². The molecule has 14 heavy (non-hydrogen) atoms. The Kier molecular flexibility index (Phi) is 5.10. The maximum Gasteiger partial charge on any atom is 0.222 e.